The molecule has 0 spiro atoms. The monoisotopic (exact) mass is 320 g/mol. The van der Waals surface area contributed by atoms with Crippen molar-refractivity contribution in [3.05, 3.63) is 64.8 Å². The van der Waals surface area contributed by atoms with Gasteiger partial charge in [-0.3, -0.25) is 0 Å². The van der Waals surface area contributed by atoms with Crippen molar-refractivity contribution in [1.82, 2.24) is 0 Å². The Morgan fingerprint density at radius 1 is 1.00 bits per heavy atom. The lowest BCUT2D eigenvalue weighted by molar-refractivity contribution is -0.747. The van der Waals surface area contributed by atoms with Crippen LogP contribution in [0.25, 0.3) is 22.1 Å². The summed E-state index contributed by atoms with van der Waals surface area (Å²) in [6, 6.07) is 14.8. The van der Waals surface area contributed by atoms with E-state index >= 15 is 0 Å². The van der Waals surface area contributed by atoms with Crippen LogP contribution in [0.4, 0.5) is 0 Å². The fourth-order valence-corrected chi connectivity index (χ4v) is 3.79. The summed E-state index contributed by atoms with van der Waals surface area (Å²) in [6.07, 6.45) is 7.79. The van der Waals surface area contributed by atoms with Crippen LogP contribution in [0.15, 0.2) is 57.9 Å². The van der Waals surface area contributed by atoms with E-state index in [4.69, 9.17) is 4.42 Å². The molecule has 0 unspecified atom stereocenters. The van der Waals surface area contributed by atoms with Gasteiger partial charge in [-0.25, -0.2) is 0 Å². The first kappa shape index (κ1) is 15.1. The van der Waals surface area contributed by atoms with Crippen LogP contribution < -0.4 is 10.3 Å². The van der Waals surface area contributed by atoms with E-state index in [1.54, 1.807) is 0 Å². The zero-order chi connectivity index (χ0) is 16.5. The molecule has 0 radical (unpaired) electrons. The van der Waals surface area contributed by atoms with E-state index in [1.165, 1.54) is 24.8 Å². The minimum atomic E-state index is -0.232. The summed E-state index contributed by atoms with van der Waals surface area (Å²) in [6.45, 7) is 2.00. The van der Waals surface area contributed by atoms with E-state index in [2.05, 4.69) is 24.3 Å². The van der Waals surface area contributed by atoms with E-state index < -0.39 is 0 Å². The maximum Gasteiger partial charge on any atom is 0.602 e. The minimum Gasteiger partial charge on any atom is -0.371 e. The second-order valence-corrected chi connectivity index (χ2v) is 6.77. The van der Waals surface area contributed by atoms with E-state index in [0.717, 1.165) is 29.4 Å². The Bertz CT molecular complexity index is 922. The summed E-state index contributed by atoms with van der Waals surface area (Å²) in [5.74, 6) is -0.232. The molecular formula is C21H22NO2+. The molecule has 3 aromatic rings. The van der Waals surface area contributed by atoms with E-state index in [1.807, 2.05) is 35.9 Å². The Labute approximate surface area is 141 Å². The lowest BCUT2D eigenvalue weighted by Gasteiger charge is -2.16. The molecule has 0 N–H and O–H groups in total. The fourth-order valence-electron chi connectivity index (χ4n) is 3.79. The van der Waals surface area contributed by atoms with Crippen LogP contribution in [-0.4, -0.2) is 0 Å². The van der Waals surface area contributed by atoms with Crippen molar-refractivity contribution in [3.63, 3.8) is 0 Å². The number of benzene rings is 2. The molecule has 1 aliphatic rings. The SMILES string of the molecule is Cc1cc(-c2ccccc2)cc2c[n+](C3CCCCC3)c(=O)oc12. The first-order chi connectivity index (χ1) is 11.7. The third kappa shape index (κ3) is 2.75. The Hall–Kier alpha value is -2.42. The van der Waals surface area contributed by atoms with Crippen LogP contribution in [-0.2, 0) is 0 Å². The molecule has 1 saturated carbocycles. The molecule has 1 heterocycles. The third-order valence-electron chi connectivity index (χ3n) is 5.06. The molecule has 3 heteroatoms. The van der Waals surface area contributed by atoms with Crippen molar-refractivity contribution in [1.29, 1.82) is 0 Å². The molecule has 2 aromatic carbocycles. The molecule has 0 amide bonds. The van der Waals surface area contributed by atoms with Crippen LogP contribution in [0.3, 0.4) is 0 Å². The van der Waals surface area contributed by atoms with Crippen LogP contribution in [0.1, 0.15) is 43.7 Å². The summed E-state index contributed by atoms with van der Waals surface area (Å²) >= 11 is 0. The second kappa shape index (κ2) is 6.23. The van der Waals surface area contributed by atoms with Gasteiger partial charge >= 0.3 is 5.76 Å². The van der Waals surface area contributed by atoms with Crippen molar-refractivity contribution >= 4 is 11.0 Å². The number of rotatable bonds is 2. The highest BCUT2D eigenvalue weighted by Crippen LogP contribution is 2.27. The fraction of sp³-hybridized carbons (Fsp3) is 0.333. The van der Waals surface area contributed by atoms with Gasteiger partial charge in [0.05, 0.1) is 5.39 Å². The number of aromatic nitrogens is 1. The molecule has 0 atom stereocenters. The highest BCUT2D eigenvalue weighted by atomic mass is 16.4. The van der Waals surface area contributed by atoms with Crippen molar-refractivity contribution < 1.29 is 8.98 Å². The highest BCUT2D eigenvalue weighted by molar-refractivity contribution is 5.84. The molecule has 0 bridgehead atoms. The van der Waals surface area contributed by atoms with Crippen molar-refractivity contribution in [2.75, 3.05) is 0 Å². The number of hydrogen-bond donors (Lipinski definition) is 0. The highest BCUT2D eigenvalue weighted by Gasteiger charge is 2.26. The number of hydrogen-bond acceptors (Lipinski definition) is 2. The predicted octanol–water partition coefficient (Wildman–Crippen LogP) is 4.56. The van der Waals surface area contributed by atoms with Gasteiger partial charge in [0.15, 0.2) is 17.8 Å². The summed E-state index contributed by atoms with van der Waals surface area (Å²) < 4.78 is 7.49. The lowest BCUT2D eigenvalue weighted by atomic mass is 9.95. The maximum absolute atomic E-state index is 12.4. The molecular weight excluding hydrogens is 298 g/mol. The van der Waals surface area contributed by atoms with Gasteiger partial charge < -0.3 is 4.42 Å². The van der Waals surface area contributed by atoms with Crippen LogP contribution in [0, 0.1) is 6.92 Å². The van der Waals surface area contributed by atoms with Gasteiger partial charge in [0.1, 0.15) is 0 Å². The third-order valence-corrected chi connectivity index (χ3v) is 5.06. The normalized spacial score (nSPS) is 15.7. The molecule has 122 valence electrons. The quantitative estimate of drug-likeness (QED) is 0.649. The van der Waals surface area contributed by atoms with E-state index in [9.17, 15) is 4.79 Å². The van der Waals surface area contributed by atoms with Gasteiger partial charge in [-0.05, 0) is 48.6 Å². The average molecular weight is 320 g/mol. The first-order valence-electron chi connectivity index (χ1n) is 8.77. The lowest BCUT2D eigenvalue weighted by Crippen LogP contribution is -2.53. The largest absolute Gasteiger partial charge is 0.602 e. The molecule has 24 heavy (non-hydrogen) atoms. The zero-order valence-electron chi connectivity index (χ0n) is 14.0. The van der Waals surface area contributed by atoms with E-state index in [-0.39, 0.29) is 11.8 Å². The van der Waals surface area contributed by atoms with Gasteiger partial charge in [0.25, 0.3) is 0 Å². The molecule has 1 fully saturated rings. The number of aryl methyl sites for hydroxylation is 1. The number of fused-ring (bicyclic) bond motifs is 1. The Morgan fingerprint density at radius 3 is 2.50 bits per heavy atom. The van der Waals surface area contributed by atoms with Gasteiger partial charge in [0, 0.05) is 12.8 Å². The van der Waals surface area contributed by atoms with Gasteiger partial charge in [-0.1, -0.05) is 36.8 Å². The standard InChI is InChI=1S/C21H22NO2/c1-15-12-17(16-8-4-2-5-9-16)13-18-14-22(21(23)24-20(15)18)19-10-6-3-7-11-19/h2,4-5,8-9,12-14,19H,3,6-7,10-11H2,1H3/q+1. The van der Waals surface area contributed by atoms with Gasteiger partial charge in [-0.2, -0.15) is 4.79 Å². The summed E-state index contributed by atoms with van der Waals surface area (Å²) in [5.41, 5.74) is 4.04. The number of nitrogens with zero attached hydrogens (tertiary/aromatic N) is 1. The minimum absolute atomic E-state index is 0.232. The molecule has 1 aromatic heterocycles. The van der Waals surface area contributed by atoms with Gasteiger partial charge in [-0.15, -0.1) is 4.57 Å². The Kier molecular flexibility index (Phi) is 3.93. The molecule has 0 saturated heterocycles. The average Bonchev–Trinajstić information content (AvgIpc) is 2.63. The van der Waals surface area contributed by atoms with Gasteiger partial charge in [0.2, 0.25) is 0 Å². The Morgan fingerprint density at radius 2 is 1.75 bits per heavy atom. The molecule has 0 aliphatic heterocycles. The van der Waals surface area contributed by atoms with Crippen LogP contribution in [0.2, 0.25) is 0 Å². The molecule has 1 aliphatic carbocycles. The smallest absolute Gasteiger partial charge is 0.371 e. The predicted molar refractivity (Wildman–Crippen MR) is 95.0 cm³/mol. The molecule has 4 rings (SSSR count). The first-order valence-corrected chi connectivity index (χ1v) is 8.77. The van der Waals surface area contributed by atoms with Crippen LogP contribution >= 0.6 is 0 Å². The van der Waals surface area contributed by atoms with Crippen molar-refractivity contribution in [3.8, 4) is 11.1 Å². The zero-order valence-corrected chi connectivity index (χ0v) is 14.0. The summed E-state index contributed by atoms with van der Waals surface area (Å²) in [5, 5.41) is 0.999. The summed E-state index contributed by atoms with van der Waals surface area (Å²) in [4.78, 5) is 12.4. The topological polar surface area (TPSA) is 34.1 Å². The Balaban J connectivity index is 1.86. The summed E-state index contributed by atoms with van der Waals surface area (Å²) in [7, 11) is 0. The van der Waals surface area contributed by atoms with Crippen LogP contribution in [0.5, 0.6) is 0 Å². The maximum atomic E-state index is 12.4. The van der Waals surface area contributed by atoms with Crippen molar-refractivity contribution in [2.45, 2.75) is 45.1 Å². The van der Waals surface area contributed by atoms with Crippen molar-refractivity contribution in [2.24, 2.45) is 0 Å². The van der Waals surface area contributed by atoms with E-state index in [0.29, 0.717) is 5.58 Å². The molecule has 3 nitrogen and oxygen atoms in total. The second-order valence-electron chi connectivity index (χ2n) is 6.77.